The van der Waals surface area contributed by atoms with Gasteiger partial charge < -0.3 is 15.5 Å². The summed E-state index contributed by atoms with van der Waals surface area (Å²) in [5, 5.41) is 21.2. The lowest BCUT2D eigenvalue weighted by Crippen LogP contribution is -2.12. The Morgan fingerprint density at radius 1 is 1.17 bits per heavy atom. The van der Waals surface area contributed by atoms with Gasteiger partial charge in [0.15, 0.2) is 0 Å². The minimum Gasteiger partial charge on any atom is -0.508 e. The van der Waals surface area contributed by atoms with Crippen LogP contribution in [0.4, 0.5) is 5.69 Å². The molecular weight excluding hydrogens is 232 g/mol. The van der Waals surface area contributed by atoms with Gasteiger partial charge in [0.2, 0.25) is 0 Å². The lowest BCUT2D eigenvalue weighted by molar-refractivity contribution is 0.102. The molecule has 1 heterocycles. The van der Waals surface area contributed by atoms with Gasteiger partial charge in [-0.15, -0.1) is 0 Å². The van der Waals surface area contributed by atoms with Gasteiger partial charge in [-0.3, -0.25) is 9.78 Å². The fourth-order valence-corrected chi connectivity index (χ4v) is 1.53. The van der Waals surface area contributed by atoms with E-state index in [1.54, 1.807) is 19.1 Å². The Balaban J connectivity index is 2.21. The molecule has 18 heavy (non-hydrogen) atoms. The number of amides is 1. The van der Waals surface area contributed by atoms with Crippen LogP contribution in [0.2, 0.25) is 0 Å². The Morgan fingerprint density at radius 3 is 2.61 bits per heavy atom. The topological polar surface area (TPSA) is 82.5 Å². The summed E-state index contributed by atoms with van der Waals surface area (Å²) >= 11 is 0. The van der Waals surface area contributed by atoms with E-state index in [1.165, 1.54) is 24.5 Å². The highest BCUT2D eigenvalue weighted by Gasteiger charge is 2.09. The van der Waals surface area contributed by atoms with Gasteiger partial charge in [-0.05, 0) is 36.8 Å². The predicted molar refractivity (Wildman–Crippen MR) is 66.7 cm³/mol. The minimum absolute atomic E-state index is 0.0647. The minimum atomic E-state index is -0.368. The van der Waals surface area contributed by atoms with Crippen molar-refractivity contribution in [1.29, 1.82) is 0 Å². The van der Waals surface area contributed by atoms with Crippen LogP contribution >= 0.6 is 0 Å². The number of phenolic OH excluding ortho intramolecular Hbond substituents is 1. The number of carbonyl (C=O) groups excluding carboxylic acids is 1. The zero-order chi connectivity index (χ0) is 13.1. The standard InChI is InChI=1S/C13H12N2O3/c1-8-4-10(16)2-3-12(8)15-13(18)9-5-11(17)7-14-6-9/h2-7,16-17H,1H3,(H,15,18). The lowest BCUT2D eigenvalue weighted by Gasteiger charge is -2.08. The summed E-state index contributed by atoms with van der Waals surface area (Å²) in [6.45, 7) is 1.77. The van der Waals surface area contributed by atoms with Crippen molar-refractivity contribution in [2.24, 2.45) is 0 Å². The van der Waals surface area contributed by atoms with Crippen LogP contribution in [0.3, 0.4) is 0 Å². The molecule has 0 aliphatic heterocycles. The summed E-state index contributed by atoms with van der Waals surface area (Å²) in [4.78, 5) is 15.6. The molecule has 2 rings (SSSR count). The van der Waals surface area contributed by atoms with E-state index in [0.717, 1.165) is 5.56 Å². The zero-order valence-corrected chi connectivity index (χ0v) is 9.71. The first-order valence-electron chi connectivity index (χ1n) is 5.31. The quantitative estimate of drug-likeness (QED) is 0.706. The average molecular weight is 244 g/mol. The van der Waals surface area contributed by atoms with Crippen molar-refractivity contribution >= 4 is 11.6 Å². The number of anilines is 1. The summed E-state index contributed by atoms with van der Waals surface area (Å²) in [7, 11) is 0. The molecular formula is C13H12N2O3. The maximum atomic E-state index is 11.9. The Bertz CT molecular complexity index is 597. The first-order valence-corrected chi connectivity index (χ1v) is 5.31. The Morgan fingerprint density at radius 2 is 1.94 bits per heavy atom. The molecule has 1 amide bonds. The van der Waals surface area contributed by atoms with Gasteiger partial charge in [0.25, 0.3) is 5.91 Å². The van der Waals surface area contributed by atoms with E-state index in [2.05, 4.69) is 10.3 Å². The van der Waals surface area contributed by atoms with Gasteiger partial charge in [-0.2, -0.15) is 0 Å². The predicted octanol–water partition coefficient (Wildman–Crippen LogP) is 2.05. The van der Waals surface area contributed by atoms with E-state index in [-0.39, 0.29) is 23.0 Å². The van der Waals surface area contributed by atoms with Crippen LogP contribution in [0, 0.1) is 6.92 Å². The van der Waals surface area contributed by atoms with Crippen LogP contribution in [-0.2, 0) is 0 Å². The van der Waals surface area contributed by atoms with E-state index in [9.17, 15) is 15.0 Å². The molecule has 0 bridgehead atoms. The summed E-state index contributed by atoms with van der Waals surface area (Å²) in [5.74, 6) is -0.290. The average Bonchev–Trinajstić information content (AvgIpc) is 2.32. The summed E-state index contributed by atoms with van der Waals surface area (Å²) in [6, 6.07) is 5.98. The van der Waals surface area contributed by atoms with Crippen molar-refractivity contribution in [3.05, 3.63) is 47.8 Å². The van der Waals surface area contributed by atoms with Gasteiger partial charge in [0.05, 0.1) is 11.8 Å². The van der Waals surface area contributed by atoms with E-state index in [0.29, 0.717) is 5.69 Å². The van der Waals surface area contributed by atoms with Gasteiger partial charge in [-0.1, -0.05) is 0 Å². The normalized spacial score (nSPS) is 10.1. The number of rotatable bonds is 2. The van der Waals surface area contributed by atoms with Gasteiger partial charge in [-0.25, -0.2) is 0 Å². The van der Waals surface area contributed by atoms with Crippen molar-refractivity contribution in [2.75, 3.05) is 5.32 Å². The highest BCUT2D eigenvalue weighted by molar-refractivity contribution is 6.04. The molecule has 5 heteroatoms. The van der Waals surface area contributed by atoms with Crippen LogP contribution in [0.1, 0.15) is 15.9 Å². The SMILES string of the molecule is Cc1cc(O)ccc1NC(=O)c1cncc(O)c1. The number of aryl methyl sites for hydroxylation is 1. The number of benzene rings is 1. The second-order valence-electron chi connectivity index (χ2n) is 3.89. The Hall–Kier alpha value is -2.56. The number of nitrogens with one attached hydrogen (secondary N) is 1. The molecule has 0 spiro atoms. The highest BCUT2D eigenvalue weighted by atomic mass is 16.3. The third kappa shape index (κ3) is 2.57. The van der Waals surface area contributed by atoms with Crippen molar-refractivity contribution in [3.8, 4) is 11.5 Å². The lowest BCUT2D eigenvalue weighted by atomic mass is 10.1. The van der Waals surface area contributed by atoms with E-state index < -0.39 is 0 Å². The van der Waals surface area contributed by atoms with E-state index in [1.807, 2.05) is 0 Å². The highest BCUT2D eigenvalue weighted by Crippen LogP contribution is 2.21. The van der Waals surface area contributed by atoms with Gasteiger partial charge in [0.1, 0.15) is 11.5 Å². The largest absolute Gasteiger partial charge is 0.508 e. The molecule has 5 nitrogen and oxygen atoms in total. The zero-order valence-electron chi connectivity index (χ0n) is 9.71. The van der Waals surface area contributed by atoms with E-state index >= 15 is 0 Å². The third-order valence-electron chi connectivity index (χ3n) is 2.44. The summed E-state index contributed by atoms with van der Waals surface area (Å²) in [6.07, 6.45) is 2.62. The van der Waals surface area contributed by atoms with Crippen LogP contribution in [-0.4, -0.2) is 21.1 Å². The molecule has 0 saturated carbocycles. The molecule has 3 N–H and O–H groups in total. The number of aromatic nitrogens is 1. The van der Waals surface area contributed by atoms with Crippen molar-refractivity contribution in [3.63, 3.8) is 0 Å². The van der Waals surface area contributed by atoms with E-state index in [4.69, 9.17) is 0 Å². The molecule has 0 atom stereocenters. The van der Waals surface area contributed by atoms with Crippen LogP contribution in [0.15, 0.2) is 36.7 Å². The first kappa shape index (κ1) is 11.9. The number of pyridine rings is 1. The monoisotopic (exact) mass is 244 g/mol. The third-order valence-corrected chi connectivity index (χ3v) is 2.44. The second kappa shape index (κ2) is 4.75. The molecule has 0 saturated heterocycles. The molecule has 2 aromatic rings. The number of hydrogen-bond donors (Lipinski definition) is 3. The molecule has 1 aromatic heterocycles. The van der Waals surface area contributed by atoms with Crippen molar-refractivity contribution in [2.45, 2.75) is 6.92 Å². The Labute approximate surface area is 104 Å². The maximum Gasteiger partial charge on any atom is 0.257 e. The summed E-state index contributed by atoms with van der Waals surface area (Å²) in [5.41, 5.74) is 1.61. The Kier molecular flexibility index (Phi) is 3.14. The van der Waals surface area contributed by atoms with Gasteiger partial charge >= 0.3 is 0 Å². The fourth-order valence-electron chi connectivity index (χ4n) is 1.53. The van der Waals surface area contributed by atoms with Crippen molar-refractivity contribution in [1.82, 2.24) is 4.98 Å². The number of nitrogens with zero attached hydrogens (tertiary/aromatic N) is 1. The maximum absolute atomic E-state index is 11.9. The molecule has 0 fully saturated rings. The van der Waals surface area contributed by atoms with Crippen LogP contribution in [0.25, 0.3) is 0 Å². The number of aromatic hydroxyl groups is 2. The molecule has 0 unspecified atom stereocenters. The van der Waals surface area contributed by atoms with Crippen molar-refractivity contribution < 1.29 is 15.0 Å². The number of phenols is 1. The number of hydrogen-bond acceptors (Lipinski definition) is 4. The molecule has 0 aliphatic rings. The fraction of sp³-hybridized carbons (Fsp3) is 0.0769. The van der Waals surface area contributed by atoms with Crippen LogP contribution in [0.5, 0.6) is 11.5 Å². The number of carbonyl (C=O) groups is 1. The molecule has 0 radical (unpaired) electrons. The second-order valence-corrected chi connectivity index (χ2v) is 3.89. The molecule has 1 aromatic carbocycles. The molecule has 0 aliphatic carbocycles. The summed E-state index contributed by atoms with van der Waals surface area (Å²) < 4.78 is 0. The van der Waals surface area contributed by atoms with Gasteiger partial charge in [0, 0.05) is 11.9 Å². The first-order chi connectivity index (χ1) is 8.56. The molecule has 92 valence electrons. The smallest absolute Gasteiger partial charge is 0.257 e. The van der Waals surface area contributed by atoms with Crippen LogP contribution < -0.4 is 5.32 Å².